The van der Waals surface area contributed by atoms with Crippen molar-refractivity contribution >= 4 is 34.0 Å². The first-order chi connectivity index (χ1) is 13.7. The van der Waals surface area contributed by atoms with Crippen molar-refractivity contribution < 1.29 is 9.59 Å². The summed E-state index contributed by atoms with van der Waals surface area (Å²) in [5, 5.41) is 5.18. The van der Waals surface area contributed by atoms with Crippen molar-refractivity contribution in [2.75, 3.05) is 16.8 Å². The number of fused-ring (bicyclic) bond motifs is 1. The summed E-state index contributed by atoms with van der Waals surface area (Å²) in [6.07, 6.45) is 7.31. The number of anilines is 2. The third kappa shape index (κ3) is 3.16. The molecule has 3 aromatic rings. The minimum absolute atomic E-state index is 0.227. The van der Waals surface area contributed by atoms with Gasteiger partial charge in [-0.15, -0.1) is 11.3 Å². The van der Waals surface area contributed by atoms with Crippen molar-refractivity contribution in [3.63, 3.8) is 0 Å². The Bertz CT molecular complexity index is 1060. The topological polar surface area (TPSA) is 88.1 Å². The molecule has 2 amide bonds. The Morgan fingerprint density at radius 3 is 2.89 bits per heavy atom. The first-order valence-corrected chi connectivity index (χ1v) is 10.0. The number of nitrogens with zero attached hydrogens (tertiary/aromatic N) is 4. The van der Waals surface area contributed by atoms with Gasteiger partial charge in [-0.3, -0.25) is 19.9 Å². The molecule has 0 radical (unpaired) electrons. The highest BCUT2D eigenvalue weighted by molar-refractivity contribution is 7.14. The molecule has 2 aromatic heterocycles. The number of carbonyl (C=O) groups excluding carboxylic acids is 2. The smallest absolute Gasteiger partial charge is 0.277 e. The van der Waals surface area contributed by atoms with Crippen molar-refractivity contribution in [1.29, 1.82) is 0 Å². The third-order valence-electron chi connectivity index (χ3n) is 4.98. The van der Waals surface area contributed by atoms with Gasteiger partial charge in [-0.2, -0.15) is 0 Å². The summed E-state index contributed by atoms with van der Waals surface area (Å²) >= 11 is 1.36. The molecule has 8 heteroatoms. The molecule has 28 heavy (non-hydrogen) atoms. The maximum Gasteiger partial charge on any atom is 0.277 e. The normalized spacial score (nSPS) is 15.4. The average Bonchev–Trinajstić information content (AvgIpc) is 3.33. The Balaban J connectivity index is 1.34. The molecular formula is C20H17N5O2S. The lowest BCUT2D eigenvalue weighted by molar-refractivity contribution is -0.119. The number of nitrogens with one attached hydrogen (secondary N) is 1. The van der Waals surface area contributed by atoms with Gasteiger partial charge in [-0.25, -0.2) is 9.97 Å². The monoisotopic (exact) mass is 391 g/mol. The van der Waals surface area contributed by atoms with E-state index in [2.05, 4.69) is 26.3 Å². The maximum atomic E-state index is 12.4. The summed E-state index contributed by atoms with van der Waals surface area (Å²) in [5.74, 6) is 0.149. The van der Waals surface area contributed by atoms with Gasteiger partial charge in [0.15, 0.2) is 5.13 Å². The number of thiazole rings is 1. The summed E-state index contributed by atoms with van der Waals surface area (Å²) in [5.41, 5.74) is 4.22. The molecular weight excluding hydrogens is 374 g/mol. The molecule has 0 saturated heterocycles. The predicted molar refractivity (Wildman–Crippen MR) is 106 cm³/mol. The second kappa shape index (κ2) is 6.79. The maximum absolute atomic E-state index is 12.4. The quantitative estimate of drug-likeness (QED) is 0.738. The van der Waals surface area contributed by atoms with Crippen LogP contribution in [-0.4, -0.2) is 33.3 Å². The van der Waals surface area contributed by atoms with Crippen LogP contribution in [-0.2, 0) is 11.2 Å². The molecule has 1 aliphatic heterocycles. The number of aromatic nitrogens is 3. The zero-order chi connectivity index (χ0) is 19.1. The standard InChI is InChI=1S/C20H17N5O2S/c26-18(15-10-21-6-7-22-15)24-20-23-16(11-28-20)13-3-4-17-14(9-13)5-8-25(17)19(27)12-1-2-12/h3-4,6-7,9-12H,1-2,5,8H2,(H,23,24,26). The molecule has 1 fully saturated rings. The van der Waals surface area contributed by atoms with Crippen LogP contribution in [0.3, 0.4) is 0 Å². The summed E-state index contributed by atoms with van der Waals surface area (Å²) in [6, 6.07) is 6.09. The van der Waals surface area contributed by atoms with Crippen molar-refractivity contribution in [3.8, 4) is 11.3 Å². The first-order valence-electron chi connectivity index (χ1n) is 9.16. The Morgan fingerprint density at radius 1 is 1.21 bits per heavy atom. The van der Waals surface area contributed by atoms with Crippen LogP contribution in [0.25, 0.3) is 11.3 Å². The molecule has 3 heterocycles. The molecule has 1 N–H and O–H groups in total. The molecule has 1 saturated carbocycles. The van der Waals surface area contributed by atoms with Gasteiger partial charge in [0.1, 0.15) is 5.69 Å². The van der Waals surface area contributed by atoms with E-state index >= 15 is 0 Å². The van der Waals surface area contributed by atoms with Gasteiger partial charge in [0, 0.05) is 41.5 Å². The number of rotatable bonds is 4. The molecule has 7 nitrogen and oxygen atoms in total. The lowest BCUT2D eigenvalue weighted by atomic mass is 10.1. The fraction of sp³-hybridized carbons (Fsp3) is 0.250. The second-order valence-electron chi connectivity index (χ2n) is 6.94. The van der Waals surface area contributed by atoms with Gasteiger partial charge in [-0.05, 0) is 37.0 Å². The summed E-state index contributed by atoms with van der Waals surface area (Å²) in [4.78, 5) is 38.9. The molecule has 0 unspecified atom stereocenters. The van der Waals surface area contributed by atoms with Gasteiger partial charge in [0.05, 0.1) is 11.9 Å². The van der Waals surface area contributed by atoms with E-state index in [4.69, 9.17) is 0 Å². The third-order valence-corrected chi connectivity index (χ3v) is 5.74. The van der Waals surface area contributed by atoms with E-state index in [1.807, 2.05) is 22.4 Å². The molecule has 2 aliphatic rings. The highest BCUT2D eigenvalue weighted by atomic mass is 32.1. The van der Waals surface area contributed by atoms with Crippen molar-refractivity contribution in [2.45, 2.75) is 19.3 Å². The summed E-state index contributed by atoms with van der Waals surface area (Å²) in [6.45, 7) is 0.755. The summed E-state index contributed by atoms with van der Waals surface area (Å²) in [7, 11) is 0. The van der Waals surface area contributed by atoms with E-state index < -0.39 is 0 Å². The van der Waals surface area contributed by atoms with Crippen LogP contribution < -0.4 is 10.2 Å². The number of carbonyl (C=O) groups is 2. The van der Waals surface area contributed by atoms with Crippen LogP contribution in [0, 0.1) is 5.92 Å². The van der Waals surface area contributed by atoms with Crippen LogP contribution in [0.1, 0.15) is 28.9 Å². The van der Waals surface area contributed by atoms with E-state index in [1.165, 1.54) is 35.5 Å². The molecule has 0 spiro atoms. The van der Waals surface area contributed by atoms with Crippen LogP contribution in [0.4, 0.5) is 10.8 Å². The molecule has 0 atom stereocenters. The van der Waals surface area contributed by atoms with E-state index in [0.717, 1.165) is 42.8 Å². The van der Waals surface area contributed by atoms with Gasteiger partial charge >= 0.3 is 0 Å². The number of amides is 2. The number of benzene rings is 1. The van der Waals surface area contributed by atoms with Crippen molar-refractivity contribution in [2.24, 2.45) is 5.92 Å². The van der Waals surface area contributed by atoms with Crippen LogP contribution in [0.2, 0.25) is 0 Å². The number of hydrogen-bond donors (Lipinski definition) is 1. The van der Waals surface area contributed by atoms with Crippen LogP contribution >= 0.6 is 11.3 Å². The minimum Gasteiger partial charge on any atom is -0.312 e. The van der Waals surface area contributed by atoms with E-state index in [-0.39, 0.29) is 23.4 Å². The van der Waals surface area contributed by atoms with E-state index in [9.17, 15) is 9.59 Å². The number of hydrogen-bond acceptors (Lipinski definition) is 6. The Morgan fingerprint density at radius 2 is 2.11 bits per heavy atom. The highest BCUT2D eigenvalue weighted by Gasteiger charge is 2.36. The lowest BCUT2D eigenvalue weighted by Gasteiger charge is -2.17. The minimum atomic E-state index is -0.336. The Hall–Kier alpha value is -3.13. The highest BCUT2D eigenvalue weighted by Crippen LogP contribution is 2.38. The lowest BCUT2D eigenvalue weighted by Crippen LogP contribution is -2.30. The van der Waals surface area contributed by atoms with E-state index in [0.29, 0.717) is 5.13 Å². The molecule has 1 aromatic carbocycles. The zero-order valence-corrected chi connectivity index (χ0v) is 15.8. The second-order valence-corrected chi connectivity index (χ2v) is 7.80. The van der Waals surface area contributed by atoms with Crippen molar-refractivity contribution in [3.05, 3.63) is 53.4 Å². The average molecular weight is 391 g/mol. The Kier molecular flexibility index (Phi) is 4.12. The van der Waals surface area contributed by atoms with Gasteiger partial charge in [-0.1, -0.05) is 6.07 Å². The predicted octanol–water partition coefficient (Wildman–Crippen LogP) is 3.15. The van der Waals surface area contributed by atoms with Gasteiger partial charge in [0.25, 0.3) is 5.91 Å². The fourth-order valence-electron chi connectivity index (χ4n) is 3.38. The fourth-order valence-corrected chi connectivity index (χ4v) is 4.10. The van der Waals surface area contributed by atoms with E-state index in [1.54, 1.807) is 0 Å². The zero-order valence-electron chi connectivity index (χ0n) is 15.0. The largest absolute Gasteiger partial charge is 0.312 e. The SMILES string of the molecule is O=C(Nc1nc(-c2ccc3c(c2)CCN3C(=O)C2CC2)cs1)c1cnccn1. The Labute approximate surface area is 165 Å². The molecule has 5 rings (SSSR count). The summed E-state index contributed by atoms with van der Waals surface area (Å²) < 4.78 is 0. The van der Waals surface area contributed by atoms with Gasteiger partial charge in [0.2, 0.25) is 5.91 Å². The van der Waals surface area contributed by atoms with Gasteiger partial charge < -0.3 is 4.90 Å². The molecule has 0 bridgehead atoms. The first kappa shape index (κ1) is 17.0. The van der Waals surface area contributed by atoms with Crippen LogP contribution in [0.15, 0.2) is 42.2 Å². The molecule has 1 aliphatic carbocycles. The molecule has 140 valence electrons. The van der Waals surface area contributed by atoms with Crippen molar-refractivity contribution in [1.82, 2.24) is 15.0 Å². The van der Waals surface area contributed by atoms with Crippen LogP contribution in [0.5, 0.6) is 0 Å².